The van der Waals surface area contributed by atoms with Crippen molar-refractivity contribution in [1.82, 2.24) is 4.98 Å². The van der Waals surface area contributed by atoms with Crippen molar-refractivity contribution in [3.8, 4) is 0 Å². The number of hydrogen-bond acceptors (Lipinski definition) is 4. The Balaban J connectivity index is 1.61. The van der Waals surface area contributed by atoms with Gasteiger partial charge in [0.1, 0.15) is 23.2 Å². The van der Waals surface area contributed by atoms with Crippen molar-refractivity contribution >= 4 is 28.5 Å². The van der Waals surface area contributed by atoms with Gasteiger partial charge < -0.3 is 4.42 Å². The lowest BCUT2D eigenvalue weighted by Gasteiger charge is -2.00. The van der Waals surface area contributed by atoms with Crippen molar-refractivity contribution in [3.05, 3.63) is 76.2 Å². The maximum atomic E-state index is 13.7. The van der Waals surface area contributed by atoms with Gasteiger partial charge in [0.25, 0.3) is 0 Å². The molecule has 3 rings (SSSR count). The van der Waals surface area contributed by atoms with E-state index < -0.39 is 11.6 Å². The number of rotatable bonds is 5. The first-order chi connectivity index (χ1) is 12.0. The fourth-order valence-corrected chi connectivity index (χ4v) is 2.99. The highest BCUT2D eigenvalue weighted by Crippen LogP contribution is 2.22. The second-order valence-corrected chi connectivity index (χ2v) is 6.43. The Kier molecular flexibility index (Phi) is 5.04. The number of furan rings is 1. The van der Waals surface area contributed by atoms with Gasteiger partial charge in [-0.3, -0.25) is 10.1 Å². The van der Waals surface area contributed by atoms with Crippen LogP contribution in [0.3, 0.4) is 0 Å². The molecule has 25 heavy (non-hydrogen) atoms. The third kappa shape index (κ3) is 4.60. The van der Waals surface area contributed by atoms with Gasteiger partial charge >= 0.3 is 0 Å². The number of nitrogens with one attached hydrogen (secondary N) is 1. The standard InChI is InChI=1S/C18H14F2N2O2S/c1-11-2-5-14(24-11)6-7-17(23)22-18-21-10-15(25-18)8-12-3-4-13(19)9-16(12)20/h2-7,9-10H,8H2,1H3,(H,21,22,23). The monoisotopic (exact) mass is 360 g/mol. The van der Waals surface area contributed by atoms with E-state index in [0.29, 0.717) is 16.5 Å². The normalized spacial score (nSPS) is 11.2. The number of aromatic nitrogens is 1. The van der Waals surface area contributed by atoms with Crippen LogP contribution in [0.15, 0.2) is 47.0 Å². The number of hydrogen-bond donors (Lipinski definition) is 1. The van der Waals surface area contributed by atoms with E-state index in [1.54, 1.807) is 24.4 Å². The molecule has 0 aliphatic rings. The number of aryl methyl sites for hydroxylation is 1. The Morgan fingerprint density at radius 2 is 2.16 bits per heavy atom. The summed E-state index contributed by atoms with van der Waals surface area (Å²) in [5.41, 5.74) is 0.371. The van der Waals surface area contributed by atoms with E-state index in [1.165, 1.54) is 29.5 Å². The minimum Gasteiger partial charge on any atom is -0.462 e. The molecule has 0 spiro atoms. The molecule has 0 saturated heterocycles. The molecule has 0 bridgehead atoms. The summed E-state index contributed by atoms with van der Waals surface area (Å²) in [4.78, 5) is 16.7. The van der Waals surface area contributed by atoms with Crippen molar-refractivity contribution < 1.29 is 18.0 Å². The molecule has 0 aliphatic heterocycles. The van der Waals surface area contributed by atoms with Crippen LogP contribution in [0.2, 0.25) is 0 Å². The quantitative estimate of drug-likeness (QED) is 0.679. The van der Waals surface area contributed by atoms with Gasteiger partial charge in [-0.25, -0.2) is 13.8 Å². The predicted octanol–water partition coefficient (Wildman–Crippen LogP) is 4.57. The Morgan fingerprint density at radius 3 is 2.88 bits per heavy atom. The van der Waals surface area contributed by atoms with E-state index in [2.05, 4.69) is 10.3 Å². The molecule has 0 atom stereocenters. The molecule has 128 valence electrons. The van der Waals surface area contributed by atoms with Crippen LogP contribution in [0.25, 0.3) is 6.08 Å². The Bertz CT molecular complexity index is 931. The first kappa shape index (κ1) is 17.0. The number of nitrogens with zero attached hydrogens (tertiary/aromatic N) is 1. The lowest BCUT2D eigenvalue weighted by molar-refractivity contribution is -0.111. The SMILES string of the molecule is Cc1ccc(C=CC(=O)Nc2ncc(Cc3ccc(F)cc3F)s2)o1. The van der Waals surface area contributed by atoms with E-state index in [4.69, 9.17) is 4.42 Å². The fraction of sp³-hybridized carbons (Fsp3) is 0.111. The molecule has 0 radical (unpaired) electrons. The topological polar surface area (TPSA) is 55.1 Å². The number of anilines is 1. The number of carbonyl (C=O) groups is 1. The summed E-state index contributed by atoms with van der Waals surface area (Å²) in [6.45, 7) is 1.82. The summed E-state index contributed by atoms with van der Waals surface area (Å²) in [7, 11) is 0. The van der Waals surface area contributed by atoms with Crippen molar-refractivity contribution in [3.63, 3.8) is 0 Å². The van der Waals surface area contributed by atoms with Crippen LogP contribution in [0.5, 0.6) is 0 Å². The van der Waals surface area contributed by atoms with Crippen LogP contribution >= 0.6 is 11.3 Å². The van der Waals surface area contributed by atoms with E-state index >= 15 is 0 Å². The lowest BCUT2D eigenvalue weighted by atomic mass is 10.1. The molecule has 4 nitrogen and oxygen atoms in total. The van der Waals surface area contributed by atoms with Gasteiger partial charge in [-0.2, -0.15) is 0 Å². The largest absolute Gasteiger partial charge is 0.462 e. The van der Waals surface area contributed by atoms with Crippen LogP contribution in [0.1, 0.15) is 22.0 Å². The molecule has 0 saturated carbocycles. The van der Waals surface area contributed by atoms with Crippen molar-refractivity contribution in [1.29, 1.82) is 0 Å². The number of benzene rings is 1. The molecule has 2 heterocycles. The first-order valence-corrected chi connectivity index (χ1v) is 8.25. The van der Waals surface area contributed by atoms with Crippen LogP contribution in [0, 0.1) is 18.6 Å². The zero-order valence-electron chi connectivity index (χ0n) is 13.3. The van der Waals surface area contributed by atoms with Crippen molar-refractivity contribution in [2.75, 3.05) is 5.32 Å². The van der Waals surface area contributed by atoms with Gasteiger partial charge in [0.2, 0.25) is 5.91 Å². The van der Waals surface area contributed by atoms with Crippen LogP contribution in [-0.4, -0.2) is 10.9 Å². The highest BCUT2D eigenvalue weighted by molar-refractivity contribution is 7.15. The maximum Gasteiger partial charge on any atom is 0.250 e. The molecule has 1 aromatic carbocycles. The molecular formula is C18H14F2N2O2S. The third-order valence-corrected chi connectivity index (χ3v) is 4.24. The number of thiazole rings is 1. The lowest BCUT2D eigenvalue weighted by Crippen LogP contribution is -2.06. The van der Waals surface area contributed by atoms with Gasteiger partial charge in [-0.15, -0.1) is 11.3 Å². The number of amides is 1. The first-order valence-electron chi connectivity index (χ1n) is 7.44. The number of carbonyl (C=O) groups excluding carboxylic acids is 1. The molecule has 0 aliphatic carbocycles. The minimum atomic E-state index is -0.614. The summed E-state index contributed by atoms with van der Waals surface area (Å²) in [5, 5.41) is 3.04. The zero-order valence-corrected chi connectivity index (χ0v) is 14.1. The van der Waals surface area contributed by atoms with Crippen LogP contribution in [-0.2, 0) is 11.2 Å². The second kappa shape index (κ2) is 7.40. The molecule has 3 aromatic rings. The summed E-state index contributed by atoms with van der Waals surface area (Å²) < 4.78 is 31.9. The second-order valence-electron chi connectivity index (χ2n) is 5.32. The molecule has 0 unspecified atom stereocenters. The molecule has 0 fully saturated rings. The maximum absolute atomic E-state index is 13.7. The molecular weight excluding hydrogens is 346 g/mol. The van der Waals surface area contributed by atoms with E-state index in [9.17, 15) is 13.6 Å². The molecule has 1 N–H and O–H groups in total. The number of halogens is 2. The van der Waals surface area contributed by atoms with Crippen LogP contribution < -0.4 is 5.32 Å². The predicted molar refractivity (Wildman–Crippen MR) is 92.4 cm³/mol. The summed E-state index contributed by atoms with van der Waals surface area (Å²) in [6, 6.07) is 7.03. The van der Waals surface area contributed by atoms with Crippen molar-refractivity contribution in [2.24, 2.45) is 0 Å². The molecule has 7 heteroatoms. The average molecular weight is 360 g/mol. The van der Waals surface area contributed by atoms with Gasteiger partial charge in [-0.05, 0) is 36.8 Å². The van der Waals surface area contributed by atoms with Gasteiger partial charge in [0, 0.05) is 29.6 Å². The molecule has 1 amide bonds. The Labute approximate surface area is 146 Å². The third-order valence-electron chi connectivity index (χ3n) is 3.32. The average Bonchev–Trinajstić information content (AvgIpc) is 3.17. The smallest absolute Gasteiger partial charge is 0.250 e. The van der Waals surface area contributed by atoms with Gasteiger partial charge in [0.15, 0.2) is 5.13 Å². The summed E-state index contributed by atoms with van der Waals surface area (Å²) in [5.74, 6) is -0.215. The van der Waals surface area contributed by atoms with Gasteiger partial charge in [-0.1, -0.05) is 6.07 Å². The Hall–Kier alpha value is -2.80. The minimum absolute atomic E-state index is 0.279. The van der Waals surface area contributed by atoms with Crippen LogP contribution in [0.4, 0.5) is 13.9 Å². The van der Waals surface area contributed by atoms with Gasteiger partial charge in [0.05, 0.1) is 0 Å². The van der Waals surface area contributed by atoms with E-state index in [1.807, 2.05) is 6.92 Å². The zero-order chi connectivity index (χ0) is 17.8. The van der Waals surface area contributed by atoms with E-state index in [0.717, 1.165) is 16.7 Å². The molecule has 2 aromatic heterocycles. The fourth-order valence-electron chi connectivity index (χ4n) is 2.15. The summed E-state index contributed by atoms with van der Waals surface area (Å²) in [6.07, 6.45) is 4.74. The Morgan fingerprint density at radius 1 is 1.32 bits per heavy atom. The highest BCUT2D eigenvalue weighted by Gasteiger charge is 2.09. The summed E-state index contributed by atoms with van der Waals surface area (Å²) >= 11 is 1.23. The highest BCUT2D eigenvalue weighted by atomic mass is 32.1. The van der Waals surface area contributed by atoms with Crippen molar-refractivity contribution in [2.45, 2.75) is 13.3 Å². The van der Waals surface area contributed by atoms with E-state index in [-0.39, 0.29) is 12.3 Å².